The van der Waals surface area contributed by atoms with Crippen molar-refractivity contribution in [3.63, 3.8) is 0 Å². The van der Waals surface area contributed by atoms with Gasteiger partial charge in [0, 0.05) is 24.9 Å². The van der Waals surface area contributed by atoms with Crippen molar-refractivity contribution < 1.29 is 4.92 Å². The Hall–Kier alpha value is -2.21. The zero-order valence-corrected chi connectivity index (χ0v) is 10.3. The van der Waals surface area contributed by atoms with E-state index in [0.29, 0.717) is 6.54 Å². The molecular weight excluding hydrogens is 232 g/mol. The number of hydrogen-bond donors (Lipinski definition) is 1. The van der Waals surface area contributed by atoms with Crippen LogP contribution in [0.1, 0.15) is 11.3 Å². The van der Waals surface area contributed by atoms with Crippen LogP contribution >= 0.6 is 0 Å². The maximum Gasteiger partial charge on any atom is 0.269 e. The van der Waals surface area contributed by atoms with Crippen molar-refractivity contribution in [1.82, 2.24) is 15.1 Å². The molecule has 0 spiro atoms. The van der Waals surface area contributed by atoms with Crippen LogP contribution in [0, 0.1) is 17.0 Å². The fourth-order valence-electron chi connectivity index (χ4n) is 1.78. The number of non-ortho nitro benzene ring substituents is 1. The quantitative estimate of drug-likeness (QED) is 0.659. The van der Waals surface area contributed by atoms with Crippen molar-refractivity contribution in [2.24, 2.45) is 0 Å². The highest BCUT2D eigenvalue weighted by molar-refractivity contribution is 5.47. The maximum atomic E-state index is 10.7. The Kier molecular flexibility index (Phi) is 3.38. The first kappa shape index (κ1) is 12.3. The van der Waals surface area contributed by atoms with Crippen LogP contribution in [0.4, 0.5) is 5.69 Å². The third kappa shape index (κ3) is 2.38. The number of rotatable bonds is 4. The summed E-state index contributed by atoms with van der Waals surface area (Å²) in [6.07, 6.45) is 1.85. The molecule has 6 nitrogen and oxygen atoms in total. The highest BCUT2D eigenvalue weighted by Crippen LogP contribution is 2.20. The van der Waals surface area contributed by atoms with Gasteiger partial charge in [0.05, 0.1) is 16.3 Å². The highest BCUT2D eigenvalue weighted by Gasteiger charge is 2.10. The normalized spacial score (nSPS) is 10.6. The van der Waals surface area contributed by atoms with Gasteiger partial charge in [-0.2, -0.15) is 5.10 Å². The van der Waals surface area contributed by atoms with E-state index < -0.39 is 4.92 Å². The molecule has 0 radical (unpaired) electrons. The molecule has 0 saturated carbocycles. The van der Waals surface area contributed by atoms with Gasteiger partial charge in [-0.1, -0.05) is 0 Å². The summed E-state index contributed by atoms with van der Waals surface area (Å²) in [5.41, 5.74) is 2.69. The molecule has 0 atom stereocenters. The number of nitro benzene ring substituents is 1. The number of aromatic nitrogens is 2. The first-order valence-electron chi connectivity index (χ1n) is 5.56. The van der Waals surface area contributed by atoms with Crippen molar-refractivity contribution in [2.75, 3.05) is 7.05 Å². The molecule has 0 fully saturated rings. The molecule has 0 unspecified atom stereocenters. The molecule has 1 aromatic carbocycles. The Morgan fingerprint density at radius 3 is 2.83 bits per heavy atom. The van der Waals surface area contributed by atoms with E-state index >= 15 is 0 Å². The molecule has 0 aliphatic carbocycles. The minimum atomic E-state index is -0.397. The molecule has 1 heterocycles. The van der Waals surface area contributed by atoms with Crippen molar-refractivity contribution in [3.8, 4) is 5.69 Å². The zero-order valence-electron chi connectivity index (χ0n) is 10.3. The van der Waals surface area contributed by atoms with E-state index in [4.69, 9.17) is 0 Å². The van der Waals surface area contributed by atoms with E-state index in [0.717, 1.165) is 16.9 Å². The topological polar surface area (TPSA) is 73.0 Å². The predicted octanol–water partition coefficient (Wildman–Crippen LogP) is 1.81. The van der Waals surface area contributed by atoms with E-state index in [9.17, 15) is 10.1 Å². The third-order valence-electron chi connectivity index (χ3n) is 2.64. The van der Waals surface area contributed by atoms with Gasteiger partial charge in [0.1, 0.15) is 0 Å². The number of aryl methyl sites for hydroxylation is 1. The van der Waals surface area contributed by atoms with Crippen LogP contribution in [-0.4, -0.2) is 21.8 Å². The lowest BCUT2D eigenvalue weighted by molar-refractivity contribution is -0.384. The van der Waals surface area contributed by atoms with Gasteiger partial charge in [-0.3, -0.25) is 10.1 Å². The van der Waals surface area contributed by atoms with E-state index in [-0.39, 0.29) is 5.69 Å². The Balaban J connectivity index is 2.35. The lowest BCUT2D eigenvalue weighted by Crippen LogP contribution is -2.06. The molecule has 94 valence electrons. The molecule has 0 saturated heterocycles. The molecule has 0 amide bonds. The molecule has 0 aliphatic rings. The van der Waals surface area contributed by atoms with E-state index in [1.54, 1.807) is 16.8 Å². The molecule has 18 heavy (non-hydrogen) atoms. The van der Waals surface area contributed by atoms with Gasteiger partial charge in [0.2, 0.25) is 0 Å². The summed E-state index contributed by atoms with van der Waals surface area (Å²) in [7, 11) is 1.86. The number of nitro groups is 1. The molecular formula is C12H14N4O2. The summed E-state index contributed by atoms with van der Waals surface area (Å²) in [4.78, 5) is 10.3. The van der Waals surface area contributed by atoms with Crippen LogP contribution in [0.25, 0.3) is 5.69 Å². The fraction of sp³-hybridized carbons (Fsp3) is 0.250. The van der Waals surface area contributed by atoms with Gasteiger partial charge in [-0.15, -0.1) is 0 Å². The van der Waals surface area contributed by atoms with E-state index in [2.05, 4.69) is 10.4 Å². The van der Waals surface area contributed by atoms with Crippen LogP contribution < -0.4 is 5.32 Å². The first-order valence-corrected chi connectivity index (χ1v) is 5.56. The molecule has 0 bridgehead atoms. The lowest BCUT2D eigenvalue weighted by Gasteiger charge is -2.05. The number of nitrogens with one attached hydrogen (secondary N) is 1. The average Bonchev–Trinajstić information content (AvgIpc) is 2.77. The van der Waals surface area contributed by atoms with E-state index in [1.807, 2.05) is 26.2 Å². The van der Waals surface area contributed by atoms with Crippen molar-refractivity contribution in [3.05, 3.63) is 51.8 Å². The van der Waals surface area contributed by atoms with Crippen LogP contribution in [0.3, 0.4) is 0 Å². The SMILES string of the molecule is CNCc1ccn(-c2ccc([N+](=O)[O-])cc2C)n1. The van der Waals surface area contributed by atoms with Gasteiger partial charge in [-0.25, -0.2) is 4.68 Å². The first-order chi connectivity index (χ1) is 8.61. The molecule has 1 N–H and O–H groups in total. The Morgan fingerprint density at radius 2 is 2.22 bits per heavy atom. The second kappa shape index (κ2) is 4.97. The molecule has 0 aliphatic heterocycles. The van der Waals surface area contributed by atoms with Crippen LogP contribution in [-0.2, 0) is 6.54 Å². The zero-order chi connectivity index (χ0) is 13.1. The van der Waals surface area contributed by atoms with Gasteiger partial charge in [0.25, 0.3) is 5.69 Å². The number of hydrogen-bond acceptors (Lipinski definition) is 4. The fourth-order valence-corrected chi connectivity index (χ4v) is 1.78. The molecule has 1 aromatic heterocycles. The summed E-state index contributed by atoms with van der Waals surface area (Å²) in [6, 6.07) is 6.66. The van der Waals surface area contributed by atoms with Crippen LogP contribution in [0.2, 0.25) is 0 Å². The van der Waals surface area contributed by atoms with Gasteiger partial charge >= 0.3 is 0 Å². The Bertz CT molecular complexity index is 577. The molecule has 6 heteroatoms. The van der Waals surface area contributed by atoms with Gasteiger partial charge < -0.3 is 5.32 Å². The average molecular weight is 246 g/mol. The second-order valence-electron chi connectivity index (χ2n) is 4.01. The van der Waals surface area contributed by atoms with Gasteiger partial charge in [-0.05, 0) is 31.7 Å². The number of nitrogens with zero attached hydrogens (tertiary/aromatic N) is 3. The minimum Gasteiger partial charge on any atom is -0.314 e. The predicted molar refractivity (Wildman–Crippen MR) is 67.7 cm³/mol. The molecule has 2 aromatic rings. The van der Waals surface area contributed by atoms with Crippen LogP contribution in [0.5, 0.6) is 0 Å². The smallest absolute Gasteiger partial charge is 0.269 e. The second-order valence-corrected chi connectivity index (χ2v) is 4.01. The monoisotopic (exact) mass is 246 g/mol. The summed E-state index contributed by atoms with van der Waals surface area (Å²) in [5, 5.41) is 18.1. The molecule has 2 rings (SSSR count). The highest BCUT2D eigenvalue weighted by atomic mass is 16.6. The van der Waals surface area contributed by atoms with Crippen molar-refractivity contribution in [2.45, 2.75) is 13.5 Å². The van der Waals surface area contributed by atoms with Crippen LogP contribution in [0.15, 0.2) is 30.5 Å². The van der Waals surface area contributed by atoms with Crippen molar-refractivity contribution >= 4 is 5.69 Å². The standard InChI is InChI=1S/C12H14N4O2/c1-9-7-11(16(17)18)3-4-12(9)15-6-5-10(14-15)8-13-2/h3-7,13H,8H2,1-2H3. The number of benzene rings is 1. The third-order valence-corrected chi connectivity index (χ3v) is 2.64. The Morgan fingerprint density at radius 1 is 1.44 bits per heavy atom. The summed E-state index contributed by atoms with van der Waals surface area (Å²) < 4.78 is 1.73. The van der Waals surface area contributed by atoms with Gasteiger partial charge in [0.15, 0.2) is 0 Å². The Labute approximate surface area is 104 Å². The van der Waals surface area contributed by atoms with E-state index in [1.165, 1.54) is 6.07 Å². The lowest BCUT2D eigenvalue weighted by atomic mass is 10.2. The van der Waals surface area contributed by atoms with Crippen molar-refractivity contribution in [1.29, 1.82) is 0 Å². The summed E-state index contributed by atoms with van der Waals surface area (Å²) in [6.45, 7) is 2.53. The largest absolute Gasteiger partial charge is 0.314 e. The minimum absolute atomic E-state index is 0.0962. The summed E-state index contributed by atoms with van der Waals surface area (Å²) in [5.74, 6) is 0. The maximum absolute atomic E-state index is 10.7. The summed E-state index contributed by atoms with van der Waals surface area (Å²) >= 11 is 0.